The molecule has 7 heteroatoms. The van der Waals surface area contributed by atoms with Gasteiger partial charge in [0.2, 0.25) is 5.91 Å². The van der Waals surface area contributed by atoms with Crippen molar-refractivity contribution in [2.45, 2.75) is 31.8 Å². The number of benzene rings is 1. The Labute approximate surface area is 157 Å². The second kappa shape index (κ2) is 8.23. The summed E-state index contributed by atoms with van der Waals surface area (Å²) in [5.41, 5.74) is 2.75. The van der Waals surface area contributed by atoms with Crippen molar-refractivity contribution in [3.05, 3.63) is 42.7 Å². The fourth-order valence-corrected chi connectivity index (χ4v) is 3.32. The lowest BCUT2D eigenvalue weighted by Gasteiger charge is -2.07. The van der Waals surface area contributed by atoms with Crippen LogP contribution in [0.25, 0.3) is 16.8 Å². The van der Waals surface area contributed by atoms with Gasteiger partial charge in [-0.15, -0.1) is 0 Å². The summed E-state index contributed by atoms with van der Waals surface area (Å²) in [5.74, 6) is 1.17. The summed E-state index contributed by atoms with van der Waals surface area (Å²) in [6, 6.07) is 9.98. The van der Waals surface area contributed by atoms with E-state index in [2.05, 4.69) is 15.4 Å². The molecular formula is C19H22N4O2S. The molecule has 0 spiro atoms. The molecule has 0 saturated heterocycles. The van der Waals surface area contributed by atoms with Crippen LogP contribution in [0.5, 0.6) is 5.75 Å². The van der Waals surface area contributed by atoms with Crippen LogP contribution < -0.4 is 10.1 Å². The zero-order valence-electron chi connectivity index (χ0n) is 15.1. The summed E-state index contributed by atoms with van der Waals surface area (Å²) in [6.07, 6.45) is 3.51. The average Bonchev–Trinajstić information content (AvgIpc) is 3.05. The normalized spacial score (nSPS) is 11.1. The molecule has 1 amide bonds. The Hall–Kier alpha value is -2.54. The Morgan fingerprint density at radius 3 is 2.77 bits per heavy atom. The molecule has 0 radical (unpaired) electrons. The summed E-state index contributed by atoms with van der Waals surface area (Å²) < 4.78 is 7.27. The number of hydrogen-bond acceptors (Lipinski definition) is 5. The van der Waals surface area contributed by atoms with Crippen molar-refractivity contribution in [2.75, 3.05) is 12.4 Å². The fourth-order valence-electron chi connectivity index (χ4n) is 2.54. The van der Waals surface area contributed by atoms with Gasteiger partial charge in [0.25, 0.3) is 0 Å². The molecule has 0 atom stereocenters. The number of hydrogen-bond donors (Lipinski definition) is 1. The van der Waals surface area contributed by atoms with Crippen LogP contribution in [0.3, 0.4) is 0 Å². The number of amides is 1. The van der Waals surface area contributed by atoms with E-state index in [1.165, 1.54) is 11.8 Å². The molecule has 2 heterocycles. The standard InChI is InChI=1S/C19H22N4O2S/c1-4-25-15-7-5-14(6-8-15)16-11-17-19(20-9-10-23(17)22-16)26-12-18(24)21-13(2)3/h5-11,13H,4,12H2,1-3H3,(H,21,24). The highest BCUT2D eigenvalue weighted by molar-refractivity contribution is 8.00. The van der Waals surface area contributed by atoms with Crippen molar-refractivity contribution in [1.29, 1.82) is 0 Å². The number of nitrogens with zero attached hydrogens (tertiary/aromatic N) is 3. The van der Waals surface area contributed by atoms with Crippen molar-refractivity contribution in [2.24, 2.45) is 0 Å². The summed E-state index contributed by atoms with van der Waals surface area (Å²) in [7, 11) is 0. The van der Waals surface area contributed by atoms with Gasteiger partial charge in [-0.2, -0.15) is 5.10 Å². The Bertz CT molecular complexity index is 890. The highest BCUT2D eigenvalue weighted by atomic mass is 32.2. The highest BCUT2D eigenvalue weighted by Gasteiger charge is 2.12. The van der Waals surface area contributed by atoms with Crippen molar-refractivity contribution in [3.63, 3.8) is 0 Å². The number of carbonyl (C=O) groups is 1. The third kappa shape index (κ3) is 4.35. The van der Waals surface area contributed by atoms with Gasteiger partial charge >= 0.3 is 0 Å². The lowest BCUT2D eigenvalue weighted by atomic mass is 10.1. The largest absolute Gasteiger partial charge is 0.494 e. The molecule has 0 unspecified atom stereocenters. The van der Waals surface area contributed by atoms with Crippen LogP contribution in [0.2, 0.25) is 0 Å². The van der Waals surface area contributed by atoms with E-state index in [1.54, 1.807) is 10.7 Å². The molecule has 0 aliphatic carbocycles. The van der Waals surface area contributed by atoms with Gasteiger partial charge in [0.05, 0.1) is 23.6 Å². The minimum absolute atomic E-state index is 0.0000507. The first-order valence-electron chi connectivity index (χ1n) is 8.56. The van der Waals surface area contributed by atoms with E-state index in [0.717, 1.165) is 27.5 Å². The topological polar surface area (TPSA) is 68.5 Å². The predicted molar refractivity (Wildman–Crippen MR) is 104 cm³/mol. The molecule has 0 saturated carbocycles. The van der Waals surface area contributed by atoms with Crippen LogP contribution in [0, 0.1) is 0 Å². The quantitative estimate of drug-likeness (QED) is 0.646. The zero-order chi connectivity index (χ0) is 18.5. The third-order valence-corrected chi connectivity index (χ3v) is 4.60. The van der Waals surface area contributed by atoms with Gasteiger partial charge in [0, 0.05) is 24.0 Å². The number of aromatic nitrogens is 3. The average molecular weight is 370 g/mol. The summed E-state index contributed by atoms with van der Waals surface area (Å²) in [5, 5.41) is 8.29. The third-order valence-electron chi connectivity index (χ3n) is 3.61. The molecule has 0 bridgehead atoms. The number of fused-ring (bicyclic) bond motifs is 1. The molecule has 0 aliphatic heterocycles. The minimum Gasteiger partial charge on any atom is -0.494 e. The van der Waals surface area contributed by atoms with Crippen LogP contribution in [0.1, 0.15) is 20.8 Å². The van der Waals surface area contributed by atoms with E-state index in [-0.39, 0.29) is 11.9 Å². The number of thioether (sulfide) groups is 1. The van der Waals surface area contributed by atoms with Gasteiger partial charge in [-0.05, 0) is 51.1 Å². The van der Waals surface area contributed by atoms with Gasteiger partial charge in [-0.1, -0.05) is 11.8 Å². The predicted octanol–water partition coefficient (Wildman–Crippen LogP) is 3.41. The molecule has 6 nitrogen and oxygen atoms in total. The first kappa shape index (κ1) is 18.3. The van der Waals surface area contributed by atoms with Crippen LogP contribution in [0.4, 0.5) is 0 Å². The van der Waals surface area contributed by atoms with E-state index < -0.39 is 0 Å². The van der Waals surface area contributed by atoms with Crippen LogP contribution in [0.15, 0.2) is 47.8 Å². The lowest BCUT2D eigenvalue weighted by molar-refractivity contribution is -0.119. The van der Waals surface area contributed by atoms with E-state index in [0.29, 0.717) is 12.4 Å². The van der Waals surface area contributed by atoms with Crippen molar-refractivity contribution >= 4 is 23.2 Å². The van der Waals surface area contributed by atoms with Crippen LogP contribution >= 0.6 is 11.8 Å². The van der Waals surface area contributed by atoms with Crippen LogP contribution in [-0.2, 0) is 4.79 Å². The first-order chi connectivity index (χ1) is 12.6. The Kier molecular flexibility index (Phi) is 5.78. The van der Waals surface area contributed by atoms with Gasteiger partial charge in [-0.25, -0.2) is 9.50 Å². The van der Waals surface area contributed by atoms with Crippen molar-refractivity contribution in [1.82, 2.24) is 19.9 Å². The summed E-state index contributed by atoms with van der Waals surface area (Å²) in [4.78, 5) is 16.3. The molecule has 26 heavy (non-hydrogen) atoms. The SMILES string of the molecule is CCOc1ccc(-c2cc3c(SCC(=O)NC(C)C)nccn3n2)cc1. The highest BCUT2D eigenvalue weighted by Crippen LogP contribution is 2.27. The number of ether oxygens (including phenoxy) is 1. The molecule has 1 aromatic carbocycles. The first-order valence-corrected chi connectivity index (χ1v) is 9.55. The van der Waals surface area contributed by atoms with Gasteiger partial charge < -0.3 is 10.1 Å². The Morgan fingerprint density at radius 1 is 1.31 bits per heavy atom. The van der Waals surface area contributed by atoms with E-state index in [4.69, 9.17) is 4.74 Å². The number of nitrogens with one attached hydrogen (secondary N) is 1. The van der Waals surface area contributed by atoms with E-state index in [1.807, 2.05) is 57.3 Å². The molecule has 0 aliphatic rings. The maximum absolute atomic E-state index is 11.9. The van der Waals surface area contributed by atoms with Crippen LogP contribution in [-0.4, -0.2) is 38.9 Å². The molecular weight excluding hydrogens is 348 g/mol. The van der Waals surface area contributed by atoms with Gasteiger partial charge in [0.15, 0.2) is 0 Å². The monoisotopic (exact) mass is 370 g/mol. The Balaban J connectivity index is 1.81. The zero-order valence-corrected chi connectivity index (χ0v) is 15.9. The molecule has 3 rings (SSSR count). The van der Waals surface area contributed by atoms with E-state index >= 15 is 0 Å². The maximum Gasteiger partial charge on any atom is 0.230 e. The fraction of sp³-hybridized carbons (Fsp3) is 0.316. The number of carbonyl (C=O) groups excluding carboxylic acids is 1. The van der Waals surface area contributed by atoms with E-state index in [9.17, 15) is 4.79 Å². The Morgan fingerprint density at radius 2 is 2.08 bits per heavy atom. The molecule has 0 fully saturated rings. The van der Waals surface area contributed by atoms with Gasteiger partial charge in [0.1, 0.15) is 10.8 Å². The molecule has 136 valence electrons. The maximum atomic E-state index is 11.9. The minimum atomic E-state index is 0.0000507. The summed E-state index contributed by atoms with van der Waals surface area (Å²) in [6.45, 7) is 6.50. The van der Waals surface area contributed by atoms with Gasteiger partial charge in [-0.3, -0.25) is 4.79 Å². The molecule has 3 aromatic rings. The van der Waals surface area contributed by atoms with Crippen molar-refractivity contribution < 1.29 is 9.53 Å². The molecule has 1 N–H and O–H groups in total. The smallest absolute Gasteiger partial charge is 0.230 e. The molecule has 2 aromatic heterocycles. The lowest BCUT2D eigenvalue weighted by Crippen LogP contribution is -2.31. The second-order valence-corrected chi connectivity index (χ2v) is 7.02. The second-order valence-electron chi connectivity index (χ2n) is 6.06. The summed E-state index contributed by atoms with van der Waals surface area (Å²) >= 11 is 1.41. The number of rotatable bonds is 7. The van der Waals surface area contributed by atoms with Crippen molar-refractivity contribution in [3.8, 4) is 17.0 Å².